The summed E-state index contributed by atoms with van der Waals surface area (Å²) in [6.07, 6.45) is 0. The standard InChI is InChI=1S/Ca.La.Mn.3O.Sr/q+2;+3;;;2*-1;+2. The molecule has 27 valence electrons. The SMILES string of the molecule is [Ca+2].[La+3].[O]=[Mn]([O-])[O-].[Sr+2]. The van der Waals surface area contributed by atoms with E-state index >= 15 is 0 Å². The summed E-state index contributed by atoms with van der Waals surface area (Å²) in [5.74, 6) is 0. The zero-order chi connectivity index (χ0) is 3.58. The molecule has 0 spiro atoms. The Bertz CT molecular complexity index is 37.9. The summed E-state index contributed by atoms with van der Waals surface area (Å²) in [4.78, 5) is 0. The zero-order valence-corrected chi connectivity index (χ0v) is 14.1. The average Bonchev–Trinajstić information content (AvgIpc) is 0.811. The molecule has 0 unspecified atom stereocenters. The molecule has 0 aliphatic rings. The van der Waals surface area contributed by atoms with Crippen molar-refractivity contribution in [3.05, 3.63) is 0 Å². The third-order valence-electron chi connectivity index (χ3n) is 0. The molecule has 0 saturated heterocycles. The van der Waals surface area contributed by atoms with Gasteiger partial charge in [0.2, 0.25) is 0 Å². The average molecular weight is 370 g/mol. The molecule has 3 nitrogen and oxygen atoms in total. The smallest absolute Gasteiger partial charge is 2.00 e. The van der Waals surface area contributed by atoms with E-state index in [0.717, 1.165) is 0 Å². The van der Waals surface area contributed by atoms with Gasteiger partial charge in [0.05, 0.1) is 0 Å². The normalized spacial score (nSPS) is 5.00. The number of hydrogen-bond acceptors (Lipinski definition) is 3. The molecule has 0 amide bonds. The second-order valence-corrected chi connectivity index (χ2v) is 0.779. The van der Waals surface area contributed by atoms with Crippen LogP contribution in [0.4, 0.5) is 0 Å². The van der Waals surface area contributed by atoms with Crippen LogP contribution in [0.3, 0.4) is 0 Å². The molecular formula is CaLaMnO3Sr+5. The van der Waals surface area contributed by atoms with Crippen LogP contribution in [0.1, 0.15) is 0 Å². The second kappa shape index (κ2) is 16.6. The molecule has 0 saturated carbocycles. The maximum Gasteiger partial charge on any atom is 2.00 e. The topological polar surface area (TPSA) is 63.2 Å². The van der Waals surface area contributed by atoms with Crippen molar-refractivity contribution in [2.75, 3.05) is 0 Å². The van der Waals surface area contributed by atoms with E-state index in [1.807, 2.05) is 0 Å². The van der Waals surface area contributed by atoms with Crippen LogP contribution in [-0.4, -0.2) is 83.2 Å². The quantitative estimate of drug-likeness (QED) is 0.421. The van der Waals surface area contributed by atoms with Crippen LogP contribution in [0.25, 0.3) is 0 Å². The summed E-state index contributed by atoms with van der Waals surface area (Å²) < 4.78 is 25.6. The molecule has 0 aromatic heterocycles. The largest absolute Gasteiger partial charge is 2.00 e. The molecule has 0 N–H and O–H groups in total. The van der Waals surface area contributed by atoms with Crippen molar-refractivity contribution >= 4 is 83.2 Å². The van der Waals surface area contributed by atoms with E-state index in [4.69, 9.17) is 12.2 Å². The summed E-state index contributed by atoms with van der Waals surface area (Å²) in [5, 5.41) is 0. The first-order valence-electron chi connectivity index (χ1n) is 0.463. The van der Waals surface area contributed by atoms with Gasteiger partial charge in [-0.25, -0.2) is 0 Å². The summed E-state index contributed by atoms with van der Waals surface area (Å²) >= 11 is -3.65. The van der Waals surface area contributed by atoms with Crippen molar-refractivity contribution in [2.24, 2.45) is 0 Å². The molecule has 0 radical (unpaired) electrons. The molecule has 0 rings (SSSR count). The molecule has 0 bridgehead atoms. The van der Waals surface area contributed by atoms with Crippen molar-refractivity contribution in [1.29, 1.82) is 0 Å². The zero-order valence-electron chi connectivity index (χ0n) is 3.59. The van der Waals surface area contributed by atoms with E-state index < -0.39 is 14.5 Å². The molecule has 0 aromatic rings. The maximum atomic E-state index is 8.52. The second-order valence-electron chi connectivity index (χ2n) is 0.189. The van der Waals surface area contributed by atoms with Crippen molar-refractivity contribution in [1.82, 2.24) is 0 Å². The fourth-order valence-electron chi connectivity index (χ4n) is 0. The third kappa shape index (κ3) is 39.0. The van der Waals surface area contributed by atoms with Gasteiger partial charge in [0.1, 0.15) is 0 Å². The van der Waals surface area contributed by atoms with Crippen LogP contribution in [0.5, 0.6) is 0 Å². The van der Waals surface area contributed by atoms with Gasteiger partial charge in [0.15, 0.2) is 0 Å². The Morgan fingerprint density at radius 2 is 1.29 bits per heavy atom. The van der Waals surface area contributed by atoms with Gasteiger partial charge < -0.3 is 0 Å². The van der Waals surface area contributed by atoms with Crippen LogP contribution in [0.15, 0.2) is 0 Å². The minimum Gasteiger partial charge on any atom is 2.00 e. The Labute approximate surface area is 141 Å². The van der Waals surface area contributed by atoms with E-state index in [9.17, 15) is 0 Å². The molecule has 7 heavy (non-hydrogen) atoms. The van der Waals surface area contributed by atoms with Crippen LogP contribution in [0.2, 0.25) is 0 Å². The van der Waals surface area contributed by atoms with Crippen LogP contribution in [0, 0.1) is 35.6 Å². The van der Waals surface area contributed by atoms with E-state index in [1.54, 1.807) is 0 Å². The van der Waals surface area contributed by atoms with Gasteiger partial charge in [-0.3, -0.25) is 0 Å². The Kier molecular flexibility index (Phi) is 53.4. The van der Waals surface area contributed by atoms with Gasteiger partial charge in [0.25, 0.3) is 0 Å². The molecule has 0 aliphatic carbocycles. The van der Waals surface area contributed by atoms with Crippen LogP contribution in [-0.2, 0) is 18.3 Å². The summed E-state index contributed by atoms with van der Waals surface area (Å²) in [6, 6.07) is 0. The van der Waals surface area contributed by atoms with E-state index in [1.165, 1.54) is 0 Å². The van der Waals surface area contributed by atoms with E-state index in [-0.39, 0.29) is 119 Å². The molecule has 0 aromatic carbocycles. The van der Waals surface area contributed by atoms with Crippen molar-refractivity contribution in [3.63, 3.8) is 0 Å². The minimum atomic E-state index is -3.65. The van der Waals surface area contributed by atoms with Gasteiger partial charge in [-0.05, 0) is 0 Å². The summed E-state index contributed by atoms with van der Waals surface area (Å²) in [5.41, 5.74) is 0. The van der Waals surface area contributed by atoms with Crippen molar-refractivity contribution < 1.29 is 62.3 Å². The van der Waals surface area contributed by atoms with Crippen LogP contribution < -0.4 is 8.38 Å². The van der Waals surface area contributed by atoms with Gasteiger partial charge in [-0.15, -0.1) is 0 Å². The fourth-order valence-corrected chi connectivity index (χ4v) is 0. The Morgan fingerprint density at radius 3 is 1.29 bits per heavy atom. The first-order chi connectivity index (χ1) is 1.73. The van der Waals surface area contributed by atoms with E-state index in [2.05, 4.69) is 0 Å². The monoisotopic (exact) mass is 370 g/mol. The molecule has 7 heteroatoms. The van der Waals surface area contributed by atoms with Gasteiger partial charge in [-0.2, -0.15) is 0 Å². The maximum absolute atomic E-state index is 8.52. The van der Waals surface area contributed by atoms with Crippen molar-refractivity contribution in [2.45, 2.75) is 0 Å². The van der Waals surface area contributed by atoms with Gasteiger partial charge >= 0.3 is 146 Å². The third-order valence-corrected chi connectivity index (χ3v) is 0. The summed E-state index contributed by atoms with van der Waals surface area (Å²) in [6.45, 7) is 0. The predicted molar refractivity (Wildman–Crippen MR) is 12.2 cm³/mol. The number of rotatable bonds is 0. The van der Waals surface area contributed by atoms with Crippen molar-refractivity contribution in [3.8, 4) is 0 Å². The Hall–Kier alpha value is 4.17. The predicted octanol–water partition coefficient (Wildman–Crippen LogP) is -3.26. The molecule has 0 fully saturated rings. The molecule has 0 heterocycles. The first-order valence-corrected chi connectivity index (χ1v) is 1.91. The Balaban J connectivity index is -0.0000000150. The molecular weight excluding hydrogens is 370 g/mol. The first kappa shape index (κ1) is 22.5. The van der Waals surface area contributed by atoms with Gasteiger partial charge in [0, 0.05) is 0 Å². The fraction of sp³-hybridized carbons (Fsp3) is 0. The van der Waals surface area contributed by atoms with Gasteiger partial charge in [-0.1, -0.05) is 0 Å². The molecule has 0 atom stereocenters. The van der Waals surface area contributed by atoms with E-state index in [0.29, 0.717) is 0 Å². The minimum absolute atomic E-state index is 0. The van der Waals surface area contributed by atoms with Crippen LogP contribution >= 0.6 is 0 Å². The summed E-state index contributed by atoms with van der Waals surface area (Å²) in [7, 11) is 0. The number of hydrogen-bond donors (Lipinski definition) is 0. The molecule has 0 aliphatic heterocycles. The Morgan fingerprint density at radius 1 is 1.29 bits per heavy atom.